The van der Waals surface area contributed by atoms with E-state index in [9.17, 15) is 0 Å². The molecule has 1 rings (SSSR count). The van der Waals surface area contributed by atoms with Crippen LogP contribution in [0.15, 0.2) is 12.4 Å². The van der Waals surface area contributed by atoms with Crippen molar-refractivity contribution in [3.63, 3.8) is 0 Å². The van der Waals surface area contributed by atoms with Crippen LogP contribution in [0.4, 0.5) is 0 Å². The van der Waals surface area contributed by atoms with E-state index in [1.54, 1.807) is 12.4 Å². The van der Waals surface area contributed by atoms with E-state index in [1.165, 1.54) is 3.58 Å². The van der Waals surface area contributed by atoms with Gasteiger partial charge in [0.2, 0.25) is 0 Å². The Morgan fingerprint density at radius 2 is 1.85 bits per heavy atom. The Bertz CT molecular complexity index is 318. The number of rotatable bonds is 1. The Labute approximate surface area is 88.4 Å². The summed E-state index contributed by atoms with van der Waals surface area (Å²) in [6, 6.07) is 1.91. The molecule has 3 nitrogen and oxygen atoms in total. The van der Waals surface area contributed by atoms with Gasteiger partial charge < -0.3 is 0 Å². The molecule has 0 aliphatic carbocycles. The molecule has 1 heterocycles. The van der Waals surface area contributed by atoms with Gasteiger partial charge in [-0.3, -0.25) is 0 Å². The van der Waals surface area contributed by atoms with Crippen molar-refractivity contribution in [3.05, 3.63) is 18.2 Å². The quantitative estimate of drug-likeness (QED) is 0.718. The molecule has 0 atom stereocenters. The van der Waals surface area contributed by atoms with E-state index >= 15 is 0 Å². The molecule has 66 valence electrons. The Balaban J connectivity index is 2.77. The summed E-state index contributed by atoms with van der Waals surface area (Å²) in [6.45, 7) is 6.70. The maximum atomic E-state index is 8.50. The maximum absolute atomic E-state index is 8.50. The Morgan fingerprint density at radius 3 is 2.23 bits per heavy atom. The molecule has 0 aliphatic rings. The normalized spacial score (nSPS) is 10.9. The van der Waals surface area contributed by atoms with Gasteiger partial charge in [0.15, 0.2) is 0 Å². The molecule has 0 aliphatic heterocycles. The first-order valence-corrected chi connectivity index (χ1v) is 6.87. The van der Waals surface area contributed by atoms with Gasteiger partial charge in [-0.05, 0) is 0 Å². The third kappa shape index (κ3) is 3.72. The van der Waals surface area contributed by atoms with E-state index in [-0.39, 0.29) is 5.82 Å². The molecular weight excluding hydrogens is 269 g/mol. The number of nitrogens with zero attached hydrogens (tertiary/aromatic N) is 3. The molecular formula is C9H11N3Sn. The van der Waals surface area contributed by atoms with Crippen molar-refractivity contribution in [2.24, 2.45) is 0 Å². The van der Waals surface area contributed by atoms with Gasteiger partial charge in [-0.15, -0.1) is 0 Å². The Kier molecular flexibility index (Phi) is 3.26. The van der Waals surface area contributed by atoms with E-state index in [0.717, 1.165) is 0 Å². The summed E-state index contributed by atoms with van der Waals surface area (Å²) in [7, 11) is 0. The minimum atomic E-state index is -0.613. The van der Waals surface area contributed by atoms with Gasteiger partial charge in [0, 0.05) is 0 Å². The van der Waals surface area contributed by atoms with E-state index in [4.69, 9.17) is 5.26 Å². The molecule has 0 N–H and O–H groups in total. The van der Waals surface area contributed by atoms with Crippen LogP contribution in [0.25, 0.3) is 0 Å². The second-order valence-corrected chi connectivity index (χ2v) is 10.4. The van der Waals surface area contributed by atoms with Crippen molar-refractivity contribution in [1.29, 1.82) is 5.26 Å². The summed E-state index contributed by atoms with van der Waals surface area (Å²) in [6.07, 6.45) is 3.59. The van der Waals surface area contributed by atoms with Gasteiger partial charge >= 0.3 is 88.4 Å². The van der Waals surface area contributed by atoms with E-state index < -0.39 is 21.1 Å². The molecule has 1 aromatic heterocycles. The van der Waals surface area contributed by atoms with Crippen LogP contribution in [0.2, 0.25) is 3.43 Å². The van der Waals surface area contributed by atoms with Crippen molar-refractivity contribution < 1.29 is 0 Å². The van der Waals surface area contributed by atoms with Crippen LogP contribution < -0.4 is 3.58 Å². The SMILES string of the molecule is C[C](C)(C)[Sn][c]1cnc(C#N)nc1. The molecule has 1 aromatic rings. The Morgan fingerprint density at radius 1 is 1.31 bits per heavy atom. The van der Waals surface area contributed by atoms with Crippen LogP contribution >= 0.6 is 0 Å². The van der Waals surface area contributed by atoms with Gasteiger partial charge in [-0.2, -0.15) is 0 Å². The van der Waals surface area contributed by atoms with Crippen molar-refractivity contribution in [2.45, 2.75) is 24.2 Å². The number of aromatic nitrogens is 2. The van der Waals surface area contributed by atoms with Crippen LogP contribution in [-0.2, 0) is 0 Å². The summed E-state index contributed by atoms with van der Waals surface area (Å²) >= 11 is -0.613. The summed E-state index contributed by atoms with van der Waals surface area (Å²) in [4.78, 5) is 7.90. The molecule has 0 unspecified atom stereocenters. The zero-order chi connectivity index (χ0) is 9.90. The second-order valence-electron chi connectivity index (χ2n) is 3.78. The van der Waals surface area contributed by atoms with Gasteiger partial charge in [-0.25, -0.2) is 0 Å². The topological polar surface area (TPSA) is 49.6 Å². The first-order chi connectivity index (χ1) is 6.01. The van der Waals surface area contributed by atoms with E-state index in [0.29, 0.717) is 3.43 Å². The predicted octanol–water partition coefficient (Wildman–Crippen LogP) is 0.896. The predicted molar refractivity (Wildman–Crippen MR) is 51.9 cm³/mol. The van der Waals surface area contributed by atoms with Crippen LogP contribution in [0.1, 0.15) is 26.6 Å². The average Bonchev–Trinajstić information content (AvgIpc) is 2.03. The van der Waals surface area contributed by atoms with Crippen molar-refractivity contribution in [3.8, 4) is 6.07 Å². The fourth-order valence-corrected chi connectivity index (χ4v) is 4.09. The Hall–Kier alpha value is -0.631. The zero-order valence-electron chi connectivity index (χ0n) is 8.00. The average molecular weight is 280 g/mol. The van der Waals surface area contributed by atoms with Crippen LogP contribution in [0, 0.1) is 11.3 Å². The van der Waals surface area contributed by atoms with Gasteiger partial charge in [0.1, 0.15) is 0 Å². The van der Waals surface area contributed by atoms with Crippen LogP contribution in [0.3, 0.4) is 0 Å². The summed E-state index contributed by atoms with van der Waals surface area (Å²) in [5.74, 6) is 0.261. The molecule has 13 heavy (non-hydrogen) atoms. The molecule has 0 aromatic carbocycles. The van der Waals surface area contributed by atoms with Gasteiger partial charge in [0.05, 0.1) is 0 Å². The molecule has 0 saturated carbocycles. The molecule has 2 radical (unpaired) electrons. The summed E-state index contributed by atoms with van der Waals surface area (Å²) < 4.78 is 1.65. The third-order valence-corrected chi connectivity index (χ3v) is 4.97. The number of hydrogen-bond acceptors (Lipinski definition) is 3. The summed E-state index contributed by atoms with van der Waals surface area (Å²) in [5.41, 5.74) is 0. The van der Waals surface area contributed by atoms with Gasteiger partial charge in [-0.1, -0.05) is 0 Å². The monoisotopic (exact) mass is 281 g/mol. The standard InChI is InChI=1S/C5H2N3.C4H9.Sn/c6-4-5-7-2-1-3-8-5;1-4(2)3;/h2-3H;1-3H3;. The van der Waals surface area contributed by atoms with Crippen molar-refractivity contribution in [1.82, 2.24) is 9.97 Å². The minimum absolute atomic E-state index is 0.261. The molecule has 4 heteroatoms. The fraction of sp³-hybridized carbons (Fsp3) is 0.444. The van der Waals surface area contributed by atoms with Crippen molar-refractivity contribution >= 4 is 24.7 Å². The van der Waals surface area contributed by atoms with Gasteiger partial charge in [0.25, 0.3) is 0 Å². The van der Waals surface area contributed by atoms with Crippen molar-refractivity contribution in [2.75, 3.05) is 0 Å². The first kappa shape index (κ1) is 10.4. The van der Waals surface area contributed by atoms with Crippen LogP contribution in [0.5, 0.6) is 0 Å². The summed E-state index contributed by atoms with van der Waals surface area (Å²) in [5, 5.41) is 8.50. The number of nitriles is 1. The molecule has 0 spiro atoms. The molecule has 0 amide bonds. The van der Waals surface area contributed by atoms with Crippen LogP contribution in [-0.4, -0.2) is 31.1 Å². The molecule has 0 saturated heterocycles. The fourth-order valence-electron chi connectivity index (χ4n) is 0.883. The molecule has 0 bridgehead atoms. The third-order valence-electron chi connectivity index (χ3n) is 1.27. The second kappa shape index (κ2) is 4.05. The zero-order valence-corrected chi connectivity index (χ0v) is 10.9. The first-order valence-electron chi connectivity index (χ1n) is 4.01. The molecule has 0 fully saturated rings. The van der Waals surface area contributed by atoms with E-state index in [1.807, 2.05) is 6.07 Å². The van der Waals surface area contributed by atoms with E-state index in [2.05, 4.69) is 30.7 Å². The number of hydrogen-bond donors (Lipinski definition) is 0.